The average molecular weight is 402 g/mol. The largest absolute Gasteiger partial charge is 0.363 e. The van der Waals surface area contributed by atoms with Gasteiger partial charge in [-0.3, -0.25) is 9.71 Å². The predicted molar refractivity (Wildman–Crippen MR) is 106 cm³/mol. The molecule has 0 bridgehead atoms. The van der Waals surface area contributed by atoms with Crippen LogP contribution in [0.2, 0.25) is 0 Å². The lowest BCUT2D eigenvalue weighted by Crippen LogP contribution is -2.12. The molecule has 0 saturated heterocycles. The summed E-state index contributed by atoms with van der Waals surface area (Å²) in [4.78, 5) is 12.5. The van der Waals surface area contributed by atoms with Crippen molar-refractivity contribution in [1.82, 2.24) is 15.0 Å². The van der Waals surface area contributed by atoms with Crippen molar-refractivity contribution < 1.29 is 12.8 Å². The Bertz CT molecular complexity index is 1050. The Labute approximate surface area is 162 Å². The molecular formula is C18H19FN6O2S. The second kappa shape index (κ2) is 8.17. The molecule has 3 N–H and O–H groups in total. The molecule has 146 valence electrons. The lowest BCUT2D eigenvalue weighted by atomic mass is 10.1. The van der Waals surface area contributed by atoms with E-state index in [1.807, 2.05) is 6.92 Å². The van der Waals surface area contributed by atoms with E-state index in [0.29, 0.717) is 23.1 Å². The number of nitrogens with zero attached hydrogens (tertiary/aromatic N) is 3. The normalized spacial score (nSPS) is 12.2. The van der Waals surface area contributed by atoms with Crippen molar-refractivity contribution >= 4 is 33.2 Å². The van der Waals surface area contributed by atoms with Crippen LogP contribution in [0, 0.1) is 5.82 Å². The van der Waals surface area contributed by atoms with Crippen molar-refractivity contribution in [1.29, 1.82) is 0 Å². The first-order valence-corrected chi connectivity index (χ1v) is 10.2. The van der Waals surface area contributed by atoms with Crippen molar-refractivity contribution in [2.75, 3.05) is 21.6 Å². The van der Waals surface area contributed by atoms with Crippen LogP contribution >= 0.6 is 0 Å². The van der Waals surface area contributed by atoms with Crippen molar-refractivity contribution in [2.45, 2.75) is 13.0 Å². The summed E-state index contributed by atoms with van der Waals surface area (Å²) in [5.41, 5.74) is 1.19. The SMILES string of the molecule is CC(Nc1cc(NS(C)(=O)=O)cc(Nc2cnccn2)n1)c1ccc(F)cc1. The van der Waals surface area contributed by atoms with Crippen LogP contribution in [0.25, 0.3) is 0 Å². The monoisotopic (exact) mass is 402 g/mol. The van der Waals surface area contributed by atoms with E-state index in [4.69, 9.17) is 0 Å². The van der Waals surface area contributed by atoms with Crippen molar-refractivity contribution in [3.63, 3.8) is 0 Å². The van der Waals surface area contributed by atoms with Crippen LogP contribution in [-0.4, -0.2) is 29.6 Å². The molecule has 3 aromatic rings. The van der Waals surface area contributed by atoms with Crippen LogP contribution in [0.4, 0.5) is 27.5 Å². The van der Waals surface area contributed by atoms with Crippen molar-refractivity contribution in [3.8, 4) is 0 Å². The number of pyridine rings is 1. The fraction of sp³-hybridized carbons (Fsp3) is 0.167. The Kier molecular flexibility index (Phi) is 5.69. The van der Waals surface area contributed by atoms with E-state index >= 15 is 0 Å². The Morgan fingerprint density at radius 3 is 2.39 bits per heavy atom. The number of aromatic nitrogens is 3. The van der Waals surface area contributed by atoms with Crippen molar-refractivity contribution in [2.24, 2.45) is 0 Å². The van der Waals surface area contributed by atoms with Crippen LogP contribution in [0.5, 0.6) is 0 Å². The van der Waals surface area contributed by atoms with E-state index < -0.39 is 10.0 Å². The lowest BCUT2D eigenvalue weighted by molar-refractivity contribution is 0.607. The number of rotatable bonds is 7. The fourth-order valence-electron chi connectivity index (χ4n) is 2.49. The summed E-state index contributed by atoms with van der Waals surface area (Å²) in [6, 6.07) is 9.03. The highest BCUT2D eigenvalue weighted by molar-refractivity contribution is 7.92. The highest BCUT2D eigenvalue weighted by Gasteiger charge is 2.11. The molecule has 0 aliphatic carbocycles. The molecule has 0 fully saturated rings. The molecule has 1 aromatic carbocycles. The molecule has 0 aliphatic rings. The average Bonchev–Trinajstić information content (AvgIpc) is 2.61. The van der Waals surface area contributed by atoms with Gasteiger partial charge in [0.15, 0.2) is 0 Å². The maximum atomic E-state index is 13.1. The van der Waals surface area contributed by atoms with Crippen molar-refractivity contribution in [3.05, 3.63) is 66.4 Å². The van der Waals surface area contributed by atoms with Gasteiger partial charge in [0.2, 0.25) is 10.0 Å². The van der Waals surface area contributed by atoms with Gasteiger partial charge in [0.1, 0.15) is 23.3 Å². The van der Waals surface area contributed by atoms with E-state index in [9.17, 15) is 12.8 Å². The molecule has 0 amide bonds. The molecule has 0 spiro atoms. The first-order valence-electron chi connectivity index (χ1n) is 8.33. The molecule has 3 rings (SSSR count). The van der Waals surface area contributed by atoms with Gasteiger partial charge < -0.3 is 10.6 Å². The first-order chi connectivity index (χ1) is 13.3. The molecule has 1 atom stereocenters. The van der Waals surface area contributed by atoms with Gasteiger partial charge in [-0.2, -0.15) is 0 Å². The van der Waals surface area contributed by atoms with E-state index in [1.165, 1.54) is 30.7 Å². The minimum Gasteiger partial charge on any atom is -0.363 e. The lowest BCUT2D eigenvalue weighted by Gasteiger charge is -2.17. The van der Waals surface area contributed by atoms with Gasteiger partial charge in [-0.15, -0.1) is 0 Å². The zero-order valence-corrected chi connectivity index (χ0v) is 16.0. The van der Waals surface area contributed by atoms with Crippen LogP contribution in [-0.2, 0) is 10.0 Å². The third-order valence-corrected chi connectivity index (χ3v) is 4.29. The third kappa shape index (κ3) is 5.61. The molecule has 0 aliphatic heterocycles. The van der Waals surface area contributed by atoms with Crippen LogP contribution < -0.4 is 15.4 Å². The number of hydrogen-bond donors (Lipinski definition) is 3. The minimum atomic E-state index is -3.47. The predicted octanol–water partition coefficient (Wildman–Crippen LogP) is 3.30. The molecule has 2 aromatic heterocycles. The number of anilines is 4. The van der Waals surface area contributed by atoms with E-state index in [2.05, 4.69) is 30.3 Å². The molecule has 1 unspecified atom stereocenters. The molecule has 10 heteroatoms. The first kappa shape index (κ1) is 19.5. The minimum absolute atomic E-state index is 0.189. The number of halogens is 1. The maximum Gasteiger partial charge on any atom is 0.229 e. The second-order valence-corrected chi connectivity index (χ2v) is 7.88. The van der Waals surface area contributed by atoms with Crippen LogP contribution in [0.1, 0.15) is 18.5 Å². The Hall–Kier alpha value is -3.27. The maximum absolute atomic E-state index is 13.1. The van der Waals surface area contributed by atoms with Crippen LogP contribution in [0.15, 0.2) is 55.0 Å². The zero-order chi connectivity index (χ0) is 20.1. The summed E-state index contributed by atoms with van der Waals surface area (Å²) in [6.07, 6.45) is 5.65. The summed E-state index contributed by atoms with van der Waals surface area (Å²) >= 11 is 0. The van der Waals surface area contributed by atoms with Gasteiger partial charge in [0.25, 0.3) is 0 Å². The fourth-order valence-corrected chi connectivity index (χ4v) is 3.04. The Balaban J connectivity index is 1.88. The second-order valence-electron chi connectivity index (χ2n) is 6.13. The van der Waals surface area contributed by atoms with Gasteiger partial charge in [0, 0.05) is 30.6 Å². The van der Waals surface area contributed by atoms with Crippen LogP contribution in [0.3, 0.4) is 0 Å². The Morgan fingerprint density at radius 2 is 1.75 bits per heavy atom. The van der Waals surface area contributed by atoms with E-state index in [-0.39, 0.29) is 11.9 Å². The quantitative estimate of drug-likeness (QED) is 0.556. The highest BCUT2D eigenvalue weighted by Crippen LogP contribution is 2.25. The molecular weight excluding hydrogens is 383 g/mol. The summed E-state index contributed by atoms with van der Waals surface area (Å²) in [5.74, 6) is 0.952. The summed E-state index contributed by atoms with van der Waals surface area (Å²) < 4.78 is 38.8. The highest BCUT2D eigenvalue weighted by atomic mass is 32.2. The smallest absolute Gasteiger partial charge is 0.229 e. The van der Waals surface area contributed by atoms with Gasteiger partial charge in [-0.1, -0.05) is 12.1 Å². The summed E-state index contributed by atoms with van der Waals surface area (Å²) in [6.45, 7) is 1.89. The topological polar surface area (TPSA) is 109 Å². The number of hydrogen-bond acceptors (Lipinski definition) is 7. The van der Waals surface area contributed by atoms with E-state index in [0.717, 1.165) is 11.8 Å². The number of sulfonamides is 1. The zero-order valence-electron chi connectivity index (χ0n) is 15.2. The third-order valence-electron chi connectivity index (χ3n) is 3.68. The molecule has 28 heavy (non-hydrogen) atoms. The summed E-state index contributed by atoms with van der Waals surface area (Å²) in [5, 5.41) is 6.17. The Morgan fingerprint density at radius 1 is 1.04 bits per heavy atom. The van der Waals surface area contributed by atoms with Gasteiger partial charge in [-0.25, -0.2) is 22.8 Å². The molecule has 8 nitrogen and oxygen atoms in total. The van der Waals surface area contributed by atoms with E-state index in [1.54, 1.807) is 24.3 Å². The molecule has 0 saturated carbocycles. The van der Waals surface area contributed by atoms with Gasteiger partial charge in [-0.05, 0) is 24.6 Å². The molecule has 0 radical (unpaired) electrons. The standard InChI is InChI=1S/C18H19FN6O2S/c1-12(13-3-5-14(19)6-4-13)22-16-9-15(25-28(2,26)27)10-17(23-16)24-18-11-20-7-8-21-18/h3-12H,1-2H3,(H3,21,22,23,24,25). The van der Waals surface area contributed by atoms with Gasteiger partial charge >= 0.3 is 0 Å². The summed E-state index contributed by atoms with van der Waals surface area (Å²) in [7, 11) is -3.47. The molecule has 2 heterocycles. The number of nitrogens with one attached hydrogen (secondary N) is 3. The van der Waals surface area contributed by atoms with Gasteiger partial charge in [0.05, 0.1) is 18.1 Å². The number of benzene rings is 1.